The molecule has 1 saturated carbocycles. The Morgan fingerprint density at radius 1 is 1.25 bits per heavy atom. The fourth-order valence-electron chi connectivity index (χ4n) is 3.83. The van der Waals surface area contributed by atoms with Crippen molar-refractivity contribution in [3.8, 4) is 11.8 Å². The Morgan fingerprint density at radius 2 is 2.04 bits per heavy atom. The molecular formula is C24H28N2O2. The summed E-state index contributed by atoms with van der Waals surface area (Å²) in [6.07, 6.45) is 7.00. The van der Waals surface area contributed by atoms with Crippen LogP contribution in [0.3, 0.4) is 0 Å². The zero-order valence-electron chi connectivity index (χ0n) is 16.7. The van der Waals surface area contributed by atoms with Gasteiger partial charge in [-0.25, -0.2) is 0 Å². The second-order valence-electron chi connectivity index (χ2n) is 7.56. The van der Waals surface area contributed by atoms with Crippen LogP contribution in [0.4, 0.5) is 0 Å². The topological polar surface area (TPSA) is 62.1 Å². The van der Waals surface area contributed by atoms with Crippen molar-refractivity contribution in [2.24, 2.45) is 5.92 Å². The molecule has 0 aliphatic heterocycles. The van der Waals surface area contributed by atoms with Crippen molar-refractivity contribution in [1.29, 1.82) is 5.26 Å². The lowest BCUT2D eigenvalue weighted by molar-refractivity contribution is -0.118. The maximum Gasteiger partial charge on any atom is 0.262 e. The molecule has 1 aliphatic carbocycles. The summed E-state index contributed by atoms with van der Waals surface area (Å²) in [5, 5.41) is 14.8. The SMILES string of the molecule is CCCOc1ccc2ccccc2c1/C=C(\C#N)C(=O)N[C@@H]1CCCC[C@@H]1C. The van der Waals surface area contributed by atoms with E-state index in [1.54, 1.807) is 6.08 Å². The molecule has 1 fully saturated rings. The third-order valence-electron chi connectivity index (χ3n) is 5.47. The van der Waals surface area contributed by atoms with Crippen molar-refractivity contribution in [2.45, 2.75) is 52.0 Å². The predicted octanol–water partition coefficient (Wildman–Crippen LogP) is 5.23. The molecule has 28 heavy (non-hydrogen) atoms. The van der Waals surface area contributed by atoms with Gasteiger partial charge in [0.1, 0.15) is 17.4 Å². The summed E-state index contributed by atoms with van der Waals surface area (Å²) in [6, 6.07) is 14.1. The van der Waals surface area contributed by atoms with Gasteiger partial charge < -0.3 is 10.1 Å². The molecular weight excluding hydrogens is 348 g/mol. The maximum absolute atomic E-state index is 12.8. The minimum absolute atomic E-state index is 0.121. The van der Waals surface area contributed by atoms with Crippen molar-refractivity contribution >= 4 is 22.8 Å². The number of carbonyl (C=O) groups excluding carboxylic acids is 1. The highest BCUT2D eigenvalue weighted by Crippen LogP contribution is 2.31. The number of hydrogen-bond donors (Lipinski definition) is 1. The average molecular weight is 377 g/mol. The van der Waals surface area contributed by atoms with Gasteiger partial charge >= 0.3 is 0 Å². The molecule has 2 aromatic rings. The van der Waals surface area contributed by atoms with Crippen LogP contribution in [0.2, 0.25) is 0 Å². The summed E-state index contributed by atoms with van der Waals surface area (Å²) in [5.41, 5.74) is 0.908. The number of carbonyl (C=O) groups is 1. The van der Waals surface area contributed by atoms with E-state index in [4.69, 9.17) is 4.74 Å². The molecule has 0 unspecified atom stereocenters. The van der Waals surface area contributed by atoms with Gasteiger partial charge in [-0.05, 0) is 48.1 Å². The van der Waals surface area contributed by atoms with Crippen molar-refractivity contribution < 1.29 is 9.53 Å². The van der Waals surface area contributed by atoms with Crippen LogP contribution in [0.25, 0.3) is 16.8 Å². The molecule has 1 N–H and O–H groups in total. The monoisotopic (exact) mass is 376 g/mol. The fourth-order valence-corrected chi connectivity index (χ4v) is 3.83. The van der Waals surface area contributed by atoms with E-state index in [0.717, 1.165) is 42.0 Å². The highest BCUT2D eigenvalue weighted by Gasteiger charge is 2.24. The van der Waals surface area contributed by atoms with Crippen LogP contribution in [0, 0.1) is 17.2 Å². The normalized spacial score (nSPS) is 19.8. The van der Waals surface area contributed by atoms with Crippen LogP contribution >= 0.6 is 0 Å². The van der Waals surface area contributed by atoms with E-state index in [9.17, 15) is 10.1 Å². The highest BCUT2D eigenvalue weighted by atomic mass is 16.5. The zero-order chi connectivity index (χ0) is 19.9. The zero-order valence-corrected chi connectivity index (χ0v) is 16.7. The summed E-state index contributed by atoms with van der Waals surface area (Å²) in [6.45, 7) is 4.81. The Balaban J connectivity index is 1.95. The Labute approximate surface area is 167 Å². The smallest absolute Gasteiger partial charge is 0.262 e. The number of benzene rings is 2. The first-order valence-electron chi connectivity index (χ1n) is 10.2. The minimum Gasteiger partial charge on any atom is -0.493 e. The lowest BCUT2D eigenvalue weighted by atomic mass is 9.86. The van der Waals surface area contributed by atoms with Gasteiger partial charge in [-0.3, -0.25) is 4.79 Å². The van der Waals surface area contributed by atoms with Gasteiger partial charge in [0.25, 0.3) is 5.91 Å². The summed E-state index contributed by atoms with van der Waals surface area (Å²) in [4.78, 5) is 12.8. The van der Waals surface area contributed by atoms with Gasteiger partial charge in [-0.2, -0.15) is 5.26 Å². The van der Waals surface area contributed by atoms with Gasteiger partial charge in [0.15, 0.2) is 0 Å². The quantitative estimate of drug-likeness (QED) is 0.554. The predicted molar refractivity (Wildman–Crippen MR) is 113 cm³/mol. The van der Waals surface area contributed by atoms with Crippen molar-refractivity contribution in [3.05, 3.63) is 47.5 Å². The van der Waals surface area contributed by atoms with Crippen LogP contribution in [-0.2, 0) is 4.79 Å². The Morgan fingerprint density at radius 3 is 2.79 bits per heavy atom. The van der Waals surface area contributed by atoms with Crippen LogP contribution in [0.5, 0.6) is 5.75 Å². The molecule has 2 atom stereocenters. The van der Waals surface area contributed by atoms with Crippen LogP contribution in [0.1, 0.15) is 51.5 Å². The molecule has 1 aliphatic rings. The van der Waals surface area contributed by atoms with E-state index in [2.05, 4.69) is 25.2 Å². The molecule has 4 nitrogen and oxygen atoms in total. The lowest BCUT2D eigenvalue weighted by Gasteiger charge is -2.29. The van der Waals surface area contributed by atoms with E-state index < -0.39 is 0 Å². The van der Waals surface area contributed by atoms with Gasteiger partial charge in [0.2, 0.25) is 0 Å². The highest BCUT2D eigenvalue weighted by molar-refractivity contribution is 6.05. The number of fused-ring (bicyclic) bond motifs is 1. The molecule has 0 saturated heterocycles. The van der Waals surface area contributed by atoms with Crippen LogP contribution in [0.15, 0.2) is 42.0 Å². The Kier molecular flexibility index (Phi) is 6.71. The van der Waals surface area contributed by atoms with Gasteiger partial charge in [0, 0.05) is 11.6 Å². The van der Waals surface area contributed by atoms with E-state index >= 15 is 0 Å². The summed E-state index contributed by atoms with van der Waals surface area (Å²) < 4.78 is 5.90. The van der Waals surface area contributed by atoms with E-state index in [0.29, 0.717) is 18.3 Å². The van der Waals surface area contributed by atoms with Crippen LogP contribution < -0.4 is 10.1 Å². The number of rotatable bonds is 6. The average Bonchev–Trinajstić information content (AvgIpc) is 2.72. The summed E-state index contributed by atoms with van der Waals surface area (Å²) in [7, 11) is 0. The first kappa shape index (κ1) is 19.9. The number of nitrogens with one attached hydrogen (secondary N) is 1. The van der Waals surface area contributed by atoms with Crippen LogP contribution in [-0.4, -0.2) is 18.6 Å². The maximum atomic E-state index is 12.8. The second-order valence-corrected chi connectivity index (χ2v) is 7.56. The van der Waals surface area contributed by atoms with Gasteiger partial charge in [0.05, 0.1) is 6.61 Å². The van der Waals surface area contributed by atoms with Crippen molar-refractivity contribution in [2.75, 3.05) is 6.61 Å². The minimum atomic E-state index is -0.296. The van der Waals surface area contributed by atoms with Crippen molar-refractivity contribution in [1.82, 2.24) is 5.32 Å². The Hall–Kier alpha value is -2.80. The largest absolute Gasteiger partial charge is 0.493 e. The summed E-state index contributed by atoms with van der Waals surface area (Å²) >= 11 is 0. The first-order valence-corrected chi connectivity index (χ1v) is 10.2. The molecule has 0 bridgehead atoms. The molecule has 4 heteroatoms. The number of amides is 1. The van der Waals surface area contributed by atoms with E-state index in [1.807, 2.05) is 36.4 Å². The van der Waals surface area contributed by atoms with Gasteiger partial charge in [-0.15, -0.1) is 0 Å². The first-order chi connectivity index (χ1) is 13.6. The van der Waals surface area contributed by atoms with E-state index in [-0.39, 0.29) is 17.5 Å². The fraction of sp³-hybridized carbons (Fsp3) is 0.417. The number of nitrogens with zero attached hydrogens (tertiary/aromatic N) is 1. The third-order valence-corrected chi connectivity index (χ3v) is 5.47. The molecule has 0 heterocycles. The molecule has 0 spiro atoms. The molecule has 0 radical (unpaired) electrons. The number of nitriles is 1. The van der Waals surface area contributed by atoms with E-state index in [1.165, 1.54) is 6.42 Å². The standard InChI is InChI=1S/C24H28N2O2/c1-3-14-28-23-13-12-18-9-5-6-10-20(18)21(23)15-19(16-25)24(27)26-22-11-7-4-8-17(22)2/h5-6,9-10,12-13,15,17,22H,3-4,7-8,11,14H2,1-2H3,(H,26,27)/b19-15+/t17-,22+/m0/s1. The lowest BCUT2D eigenvalue weighted by Crippen LogP contribution is -2.41. The molecule has 2 aromatic carbocycles. The molecule has 146 valence electrons. The third kappa shape index (κ3) is 4.54. The number of hydrogen-bond acceptors (Lipinski definition) is 3. The number of ether oxygens (including phenoxy) is 1. The second kappa shape index (κ2) is 9.41. The summed E-state index contributed by atoms with van der Waals surface area (Å²) in [5.74, 6) is 0.849. The Bertz CT molecular complexity index is 910. The van der Waals surface area contributed by atoms with Crippen molar-refractivity contribution in [3.63, 3.8) is 0 Å². The molecule has 1 amide bonds. The molecule has 3 rings (SSSR count). The van der Waals surface area contributed by atoms with Gasteiger partial charge in [-0.1, -0.05) is 57.0 Å². The molecule has 0 aromatic heterocycles.